The second-order valence-electron chi connectivity index (χ2n) is 11.3. The highest BCUT2D eigenvalue weighted by Crippen LogP contribution is 2.56. The molecule has 0 saturated heterocycles. The van der Waals surface area contributed by atoms with Crippen LogP contribution in [0.2, 0.25) is 0 Å². The Morgan fingerprint density at radius 1 is 0.512 bits per heavy atom. The fourth-order valence-corrected chi connectivity index (χ4v) is 10.7. The van der Waals surface area contributed by atoms with E-state index < -0.39 is 7.26 Å². The largest absolute Gasteiger partial charge is 0.504 e. The summed E-state index contributed by atoms with van der Waals surface area (Å²) in [4.78, 5) is 0. The Morgan fingerprint density at radius 3 is 1.30 bits per heavy atom. The monoisotopic (exact) mass is 599 g/mol. The van der Waals surface area contributed by atoms with Gasteiger partial charge in [0, 0.05) is 11.1 Å². The highest BCUT2D eigenvalue weighted by molar-refractivity contribution is 7.95. The smallest absolute Gasteiger partial charge is 0.207 e. The minimum absolute atomic E-state index is 0.0443. The summed E-state index contributed by atoms with van der Waals surface area (Å²) in [5, 5.41) is 25.6. The van der Waals surface area contributed by atoms with Gasteiger partial charge in [-0.15, -0.1) is 0 Å². The lowest BCUT2D eigenvalue weighted by Crippen LogP contribution is -2.33. The van der Waals surface area contributed by atoms with E-state index in [0.29, 0.717) is 12.0 Å². The first-order chi connectivity index (χ1) is 21.0. The van der Waals surface area contributed by atoms with Crippen LogP contribution in [-0.2, 0) is 6.42 Å². The van der Waals surface area contributed by atoms with Crippen molar-refractivity contribution >= 4 is 23.2 Å². The average Bonchev–Trinajstić information content (AvgIpc) is 3.06. The lowest BCUT2D eigenvalue weighted by Gasteiger charge is -2.27. The first kappa shape index (κ1) is 32.4. The molecule has 4 aromatic rings. The molecule has 0 amide bonds. The Bertz CT molecular complexity index is 1290. The van der Waals surface area contributed by atoms with E-state index in [1.165, 1.54) is 81.2 Å². The third kappa shape index (κ3) is 7.73. The Balaban J connectivity index is 1.24. The fraction of sp³-hybridized carbons (Fsp3) is 0.368. The molecule has 0 bridgehead atoms. The molecule has 228 valence electrons. The zero-order chi connectivity index (χ0) is 30.5. The quantitative estimate of drug-likeness (QED) is 0.0726. The van der Waals surface area contributed by atoms with Crippen LogP contribution < -0.4 is 25.4 Å². The van der Waals surface area contributed by atoms with E-state index in [1.807, 2.05) is 6.92 Å². The molecule has 0 saturated carbocycles. The van der Waals surface area contributed by atoms with Crippen molar-refractivity contribution < 1.29 is 19.7 Å². The van der Waals surface area contributed by atoms with E-state index >= 15 is 0 Å². The summed E-state index contributed by atoms with van der Waals surface area (Å²) in [7, 11) is 1.22. The summed E-state index contributed by atoms with van der Waals surface area (Å²) in [6, 6.07) is 33.6. The predicted octanol–water partition coefficient (Wildman–Crippen LogP) is 8.47. The molecule has 0 aliphatic heterocycles. The standard InChI is InChI=1S/C38H47O4P/c1-30-34(36(40)38(42-3)37(41-2)35(30)39)28-20-9-7-5-4-6-8-10-21-29-43(31-22-14-11-15-23-31,32-24-16-12-17-25-32)33-26-18-13-19-27-33/h11-19,22-27H,4-10,20-21,28-29H2,1-3H3,(H-,39,40)/p+1. The van der Waals surface area contributed by atoms with Gasteiger partial charge in [-0.1, -0.05) is 93.1 Å². The maximum absolute atomic E-state index is 10.7. The molecule has 0 spiro atoms. The van der Waals surface area contributed by atoms with Gasteiger partial charge in [-0.25, -0.2) is 0 Å². The zero-order valence-electron chi connectivity index (χ0n) is 26.1. The summed E-state index contributed by atoms with van der Waals surface area (Å²) >= 11 is 0. The van der Waals surface area contributed by atoms with Crippen molar-refractivity contribution in [1.29, 1.82) is 0 Å². The van der Waals surface area contributed by atoms with E-state index in [0.717, 1.165) is 18.4 Å². The molecule has 0 radical (unpaired) electrons. The molecule has 4 nitrogen and oxygen atoms in total. The van der Waals surface area contributed by atoms with Crippen LogP contribution in [0.5, 0.6) is 23.0 Å². The topological polar surface area (TPSA) is 58.9 Å². The van der Waals surface area contributed by atoms with E-state index in [-0.39, 0.29) is 23.0 Å². The van der Waals surface area contributed by atoms with Gasteiger partial charge in [0.25, 0.3) is 0 Å². The molecule has 0 aromatic heterocycles. The summed E-state index contributed by atoms with van der Waals surface area (Å²) in [6.07, 6.45) is 12.7. The van der Waals surface area contributed by atoms with Crippen LogP contribution in [0, 0.1) is 6.92 Å². The van der Waals surface area contributed by atoms with Crippen LogP contribution in [0.1, 0.15) is 68.9 Å². The number of benzene rings is 4. The molecule has 5 heteroatoms. The van der Waals surface area contributed by atoms with Crippen LogP contribution in [0.4, 0.5) is 0 Å². The van der Waals surface area contributed by atoms with Gasteiger partial charge in [0.15, 0.2) is 11.5 Å². The highest BCUT2D eigenvalue weighted by atomic mass is 31.2. The van der Waals surface area contributed by atoms with Crippen molar-refractivity contribution in [2.45, 2.75) is 71.1 Å². The minimum atomic E-state index is -1.72. The number of unbranched alkanes of at least 4 members (excludes halogenated alkanes) is 8. The first-order valence-corrected chi connectivity index (χ1v) is 17.7. The lowest BCUT2D eigenvalue weighted by molar-refractivity contribution is 0.313. The molecule has 0 atom stereocenters. The van der Waals surface area contributed by atoms with Gasteiger partial charge >= 0.3 is 0 Å². The Kier molecular flexibility index (Phi) is 12.4. The van der Waals surface area contributed by atoms with Crippen molar-refractivity contribution in [1.82, 2.24) is 0 Å². The molecule has 0 fully saturated rings. The first-order valence-electron chi connectivity index (χ1n) is 15.7. The van der Waals surface area contributed by atoms with Gasteiger partial charge in [0.1, 0.15) is 23.2 Å². The van der Waals surface area contributed by atoms with Crippen molar-refractivity contribution in [3.8, 4) is 23.0 Å². The Labute approximate surface area is 259 Å². The lowest BCUT2D eigenvalue weighted by atomic mass is 9.98. The number of phenolic OH excluding ortho intramolecular Hbond substituents is 2. The molecule has 4 rings (SSSR count). The van der Waals surface area contributed by atoms with Crippen molar-refractivity contribution in [3.05, 3.63) is 102 Å². The number of hydrogen-bond acceptors (Lipinski definition) is 4. The molecular formula is C38H48O4P+. The molecule has 43 heavy (non-hydrogen) atoms. The van der Waals surface area contributed by atoms with Crippen LogP contribution in [-0.4, -0.2) is 30.6 Å². The summed E-state index contributed by atoms with van der Waals surface area (Å²) in [5.74, 6) is 0.515. The molecule has 4 aromatic carbocycles. The Morgan fingerprint density at radius 2 is 0.884 bits per heavy atom. The maximum Gasteiger partial charge on any atom is 0.207 e. The van der Waals surface area contributed by atoms with Gasteiger partial charge in [0.2, 0.25) is 11.5 Å². The molecular weight excluding hydrogens is 551 g/mol. The van der Waals surface area contributed by atoms with Crippen LogP contribution in [0.15, 0.2) is 91.0 Å². The van der Waals surface area contributed by atoms with Gasteiger partial charge < -0.3 is 19.7 Å². The van der Waals surface area contributed by atoms with E-state index in [4.69, 9.17) is 9.47 Å². The number of aromatic hydroxyl groups is 2. The highest BCUT2D eigenvalue weighted by Gasteiger charge is 2.44. The van der Waals surface area contributed by atoms with Gasteiger partial charge in [-0.05, 0) is 69.0 Å². The van der Waals surface area contributed by atoms with E-state index in [9.17, 15) is 10.2 Å². The van der Waals surface area contributed by atoms with Crippen LogP contribution >= 0.6 is 7.26 Å². The zero-order valence-corrected chi connectivity index (χ0v) is 27.0. The molecule has 0 aliphatic rings. The third-order valence-electron chi connectivity index (χ3n) is 8.65. The number of rotatable bonds is 17. The summed E-state index contributed by atoms with van der Waals surface area (Å²) < 4.78 is 10.5. The predicted molar refractivity (Wildman–Crippen MR) is 183 cm³/mol. The van der Waals surface area contributed by atoms with Crippen molar-refractivity contribution in [3.63, 3.8) is 0 Å². The number of ether oxygens (including phenoxy) is 2. The number of methoxy groups -OCH3 is 2. The second-order valence-corrected chi connectivity index (χ2v) is 15.0. The summed E-state index contributed by atoms with van der Waals surface area (Å²) in [5.41, 5.74) is 1.41. The van der Waals surface area contributed by atoms with Gasteiger partial charge in [-0.3, -0.25) is 0 Å². The molecule has 0 heterocycles. The van der Waals surface area contributed by atoms with E-state index in [1.54, 1.807) is 0 Å². The minimum Gasteiger partial charge on any atom is -0.504 e. The van der Waals surface area contributed by atoms with Gasteiger partial charge in [0.05, 0.1) is 20.4 Å². The van der Waals surface area contributed by atoms with Gasteiger partial charge in [-0.2, -0.15) is 0 Å². The fourth-order valence-electron chi connectivity index (χ4n) is 6.30. The maximum atomic E-state index is 10.7. The molecule has 0 aliphatic carbocycles. The molecule has 2 N–H and O–H groups in total. The van der Waals surface area contributed by atoms with Crippen LogP contribution in [0.3, 0.4) is 0 Å². The average molecular weight is 600 g/mol. The third-order valence-corrected chi connectivity index (χ3v) is 13.2. The SMILES string of the molecule is COc1c(O)c(C)c(CCCCCCCCCCC[P+](c2ccccc2)(c2ccccc2)c2ccccc2)c(O)c1OC. The number of phenols is 2. The Hall–Kier alpha value is -3.49. The van der Waals surface area contributed by atoms with Crippen LogP contribution in [0.25, 0.3) is 0 Å². The second kappa shape index (κ2) is 16.4. The molecule has 0 unspecified atom stereocenters. The van der Waals surface area contributed by atoms with E-state index in [2.05, 4.69) is 91.0 Å². The normalized spacial score (nSPS) is 11.4. The summed E-state index contributed by atoms with van der Waals surface area (Å²) in [6.45, 7) is 1.82. The van der Waals surface area contributed by atoms with Crippen molar-refractivity contribution in [2.24, 2.45) is 0 Å². The number of hydrogen-bond donors (Lipinski definition) is 2. The van der Waals surface area contributed by atoms with Crippen molar-refractivity contribution in [2.75, 3.05) is 20.4 Å².